The van der Waals surface area contributed by atoms with Crippen molar-refractivity contribution in [1.82, 2.24) is 0 Å². The largest absolute Gasteiger partial charge is 0.658 e. The summed E-state index contributed by atoms with van der Waals surface area (Å²) < 4.78 is 0. The summed E-state index contributed by atoms with van der Waals surface area (Å²) in [6.07, 6.45) is 0. The van der Waals surface area contributed by atoms with Crippen LogP contribution in [0.15, 0.2) is 146 Å². The molecule has 5 aromatic rings. The van der Waals surface area contributed by atoms with Gasteiger partial charge in [0.1, 0.15) is 0 Å². The van der Waals surface area contributed by atoms with Gasteiger partial charge in [-0.05, 0) is 36.4 Å². The summed E-state index contributed by atoms with van der Waals surface area (Å²) in [5.41, 5.74) is 6.73. The molecular formula is C31H25AuN3-2. The number of hydrogen-bond donors (Lipinski definition) is 0. The van der Waals surface area contributed by atoms with Gasteiger partial charge in [0.05, 0.1) is 0 Å². The van der Waals surface area contributed by atoms with E-state index in [1.807, 2.05) is 72.8 Å². The first-order chi connectivity index (χ1) is 16.9. The minimum Gasteiger partial charge on any atom is -0.658 e. The van der Waals surface area contributed by atoms with E-state index >= 15 is 0 Å². The van der Waals surface area contributed by atoms with Crippen LogP contribution in [0.5, 0.6) is 0 Å². The third-order valence-electron chi connectivity index (χ3n) is 5.47. The standard InChI is InChI=1S/C19H15N2.C12H10N.Au/c1-3-9-16(10-4-1)20-15-21(17-11-5-2-6-12-17)19-14-8-7-13-18(19)20;1-3-7-11(8-4-1)13-12-9-5-2-6-10-12;/h1-15H;1-10H;/q2*-1;. The molecule has 1 aliphatic heterocycles. The van der Waals surface area contributed by atoms with E-state index in [-0.39, 0.29) is 22.4 Å². The van der Waals surface area contributed by atoms with E-state index in [0.29, 0.717) is 0 Å². The Morgan fingerprint density at radius 3 is 1.09 bits per heavy atom. The van der Waals surface area contributed by atoms with Crippen LogP contribution in [-0.4, -0.2) is 0 Å². The molecular weight excluding hydrogens is 611 g/mol. The summed E-state index contributed by atoms with van der Waals surface area (Å²) in [5, 5.41) is 4.44. The second-order valence-electron chi connectivity index (χ2n) is 7.80. The van der Waals surface area contributed by atoms with Gasteiger partial charge < -0.3 is 15.1 Å². The fraction of sp³-hybridized carbons (Fsp3) is 0. The normalized spacial score (nSPS) is 11.5. The summed E-state index contributed by atoms with van der Waals surface area (Å²) >= 11 is 0. The van der Waals surface area contributed by atoms with Gasteiger partial charge in [-0.2, -0.15) is 0 Å². The van der Waals surface area contributed by atoms with E-state index in [1.54, 1.807) is 0 Å². The first kappa shape index (κ1) is 24.4. The average molecular weight is 637 g/mol. The maximum atomic E-state index is 4.44. The Balaban J connectivity index is 0.000000179. The summed E-state index contributed by atoms with van der Waals surface area (Å²) in [6, 6.07) is 49.2. The molecule has 1 heterocycles. The first-order valence-electron chi connectivity index (χ1n) is 11.3. The summed E-state index contributed by atoms with van der Waals surface area (Å²) in [5.74, 6) is 0. The van der Waals surface area contributed by atoms with Crippen LogP contribution >= 0.6 is 0 Å². The van der Waals surface area contributed by atoms with E-state index in [2.05, 4.69) is 94.6 Å². The zero-order chi connectivity index (χ0) is 23.0. The second kappa shape index (κ2) is 12.1. The van der Waals surface area contributed by atoms with E-state index < -0.39 is 0 Å². The van der Waals surface area contributed by atoms with E-state index in [4.69, 9.17) is 0 Å². The SMILES string of the molecule is [Au].c1ccc(N2[CH-]N(c3ccccc3)c3ccccc32)cc1.c1ccc([N-]c2ccccc2)cc1. The number of rotatable bonds is 4. The van der Waals surface area contributed by atoms with Crippen molar-refractivity contribution in [1.29, 1.82) is 0 Å². The number of fused-ring (bicyclic) bond motifs is 1. The molecule has 0 aliphatic carbocycles. The molecule has 5 aromatic carbocycles. The van der Waals surface area contributed by atoms with Gasteiger partial charge in [0.15, 0.2) is 0 Å². The number of para-hydroxylation sites is 6. The molecule has 1 radical (unpaired) electrons. The van der Waals surface area contributed by atoms with Crippen molar-refractivity contribution in [3.05, 3.63) is 158 Å². The van der Waals surface area contributed by atoms with Gasteiger partial charge in [-0.15, -0.1) is 18.0 Å². The van der Waals surface area contributed by atoms with Gasteiger partial charge in [-0.25, -0.2) is 0 Å². The van der Waals surface area contributed by atoms with Crippen LogP contribution in [0.2, 0.25) is 0 Å². The molecule has 0 amide bonds. The van der Waals surface area contributed by atoms with Crippen molar-refractivity contribution in [2.45, 2.75) is 0 Å². The van der Waals surface area contributed by atoms with Crippen molar-refractivity contribution in [2.75, 3.05) is 9.80 Å². The zero-order valence-electron chi connectivity index (χ0n) is 19.1. The molecule has 0 N–H and O–H groups in total. The van der Waals surface area contributed by atoms with Crippen molar-refractivity contribution >= 4 is 34.1 Å². The van der Waals surface area contributed by atoms with Crippen LogP contribution in [0.4, 0.5) is 34.1 Å². The Bertz CT molecular complexity index is 1190. The molecule has 0 aromatic heterocycles. The van der Waals surface area contributed by atoms with Crippen LogP contribution < -0.4 is 9.80 Å². The van der Waals surface area contributed by atoms with Crippen LogP contribution in [-0.2, 0) is 22.4 Å². The summed E-state index contributed by atoms with van der Waals surface area (Å²) in [6.45, 7) is 2.15. The monoisotopic (exact) mass is 636 g/mol. The maximum absolute atomic E-state index is 4.44. The van der Waals surface area contributed by atoms with Crippen LogP contribution in [0, 0.1) is 6.67 Å². The molecule has 6 rings (SSSR count). The summed E-state index contributed by atoms with van der Waals surface area (Å²) in [4.78, 5) is 4.45. The van der Waals surface area contributed by atoms with Crippen molar-refractivity contribution < 1.29 is 22.4 Å². The average Bonchev–Trinajstić information content (AvgIpc) is 3.31. The molecule has 3 nitrogen and oxygen atoms in total. The molecule has 0 fully saturated rings. The third kappa shape index (κ3) is 6.03. The van der Waals surface area contributed by atoms with E-state index in [0.717, 1.165) is 11.4 Å². The number of benzene rings is 5. The molecule has 0 unspecified atom stereocenters. The Hall–Kier alpha value is -3.76. The Morgan fingerprint density at radius 2 is 0.714 bits per heavy atom. The zero-order valence-corrected chi connectivity index (χ0v) is 21.2. The van der Waals surface area contributed by atoms with Gasteiger partial charge in [0.2, 0.25) is 0 Å². The molecule has 0 bridgehead atoms. The molecule has 0 spiro atoms. The molecule has 177 valence electrons. The smallest absolute Gasteiger partial charge is 0.0345 e. The van der Waals surface area contributed by atoms with Crippen molar-refractivity contribution in [2.24, 2.45) is 0 Å². The molecule has 0 saturated heterocycles. The molecule has 35 heavy (non-hydrogen) atoms. The molecule has 1 aliphatic rings. The summed E-state index contributed by atoms with van der Waals surface area (Å²) in [7, 11) is 0. The number of anilines is 4. The van der Waals surface area contributed by atoms with Crippen LogP contribution in [0.3, 0.4) is 0 Å². The number of nitrogens with zero attached hydrogens (tertiary/aromatic N) is 3. The van der Waals surface area contributed by atoms with Crippen LogP contribution in [0.25, 0.3) is 5.32 Å². The molecule has 4 heteroatoms. The van der Waals surface area contributed by atoms with Gasteiger partial charge in [-0.1, -0.05) is 109 Å². The first-order valence-corrected chi connectivity index (χ1v) is 11.3. The van der Waals surface area contributed by atoms with Gasteiger partial charge in [-0.3, -0.25) is 0 Å². The Morgan fingerprint density at radius 1 is 0.400 bits per heavy atom. The number of hydrogen-bond acceptors (Lipinski definition) is 2. The maximum Gasteiger partial charge on any atom is 0.0345 e. The fourth-order valence-electron chi connectivity index (χ4n) is 3.85. The third-order valence-corrected chi connectivity index (χ3v) is 5.47. The van der Waals surface area contributed by atoms with Crippen molar-refractivity contribution in [3.63, 3.8) is 0 Å². The minimum absolute atomic E-state index is 0. The van der Waals surface area contributed by atoms with Gasteiger partial charge in [0, 0.05) is 45.1 Å². The Kier molecular flexibility index (Phi) is 8.42. The van der Waals surface area contributed by atoms with Gasteiger partial charge in [0.25, 0.3) is 0 Å². The van der Waals surface area contributed by atoms with Crippen molar-refractivity contribution in [3.8, 4) is 0 Å². The van der Waals surface area contributed by atoms with Gasteiger partial charge >= 0.3 is 0 Å². The fourth-order valence-corrected chi connectivity index (χ4v) is 3.85. The quantitative estimate of drug-likeness (QED) is 0.145. The van der Waals surface area contributed by atoms with Crippen LogP contribution in [0.1, 0.15) is 0 Å². The van der Waals surface area contributed by atoms with E-state index in [9.17, 15) is 0 Å². The predicted octanol–water partition coefficient (Wildman–Crippen LogP) is 9.12. The topological polar surface area (TPSA) is 20.6 Å². The van der Waals surface area contributed by atoms with E-state index in [1.165, 1.54) is 22.7 Å². The second-order valence-corrected chi connectivity index (χ2v) is 7.80. The molecule has 0 atom stereocenters. The minimum atomic E-state index is 0. The molecule has 0 saturated carbocycles. The predicted molar refractivity (Wildman–Crippen MR) is 143 cm³/mol. The Labute approximate surface area is 223 Å².